The Bertz CT molecular complexity index is 1320. The summed E-state index contributed by atoms with van der Waals surface area (Å²) in [6.07, 6.45) is 1.88. The van der Waals surface area contributed by atoms with Crippen LogP contribution < -0.4 is 21.7 Å². The number of aromatic nitrogens is 4. The summed E-state index contributed by atoms with van der Waals surface area (Å²) in [5.74, 6) is -2.31. The van der Waals surface area contributed by atoms with Gasteiger partial charge in [-0.15, -0.1) is 0 Å². The van der Waals surface area contributed by atoms with Crippen LogP contribution in [0.3, 0.4) is 0 Å². The van der Waals surface area contributed by atoms with E-state index in [1.54, 1.807) is 30.5 Å². The Morgan fingerprint density at radius 3 is 2.57 bits per heavy atom. The number of benzene rings is 1. The lowest BCUT2D eigenvalue weighted by molar-refractivity contribution is -0.139. The number of carboxylic acid groups (broad SMARTS) is 1. The molecule has 0 aliphatic rings. The molecule has 0 saturated carbocycles. The maximum absolute atomic E-state index is 12.5. The smallest absolute Gasteiger partial charge is 0.326 e. The van der Waals surface area contributed by atoms with Gasteiger partial charge in [0.15, 0.2) is 17.0 Å². The van der Waals surface area contributed by atoms with E-state index in [9.17, 15) is 19.5 Å². The van der Waals surface area contributed by atoms with Gasteiger partial charge in [0.25, 0.3) is 5.91 Å². The van der Waals surface area contributed by atoms with Crippen molar-refractivity contribution in [1.29, 1.82) is 0 Å². The highest BCUT2D eigenvalue weighted by atomic mass is 16.4. The number of anilines is 3. The molecule has 3 aromatic rings. The Hall–Kier alpha value is -4.97. The second-order valence-electron chi connectivity index (χ2n) is 7.52. The molecule has 0 aliphatic heterocycles. The lowest BCUT2D eigenvalue weighted by atomic mass is 10.1. The van der Waals surface area contributed by atoms with Gasteiger partial charge >= 0.3 is 12.2 Å². The summed E-state index contributed by atoms with van der Waals surface area (Å²) in [5.41, 5.74) is 22.0. The third-order valence-corrected chi connectivity index (χ3v) is 4.96. The molecule has 1 amide bonds. The van der Waals surface area contributed by atoms with E-state index in [1.807, 2.05) is 11.9 Å². The molecular weight excluding hydrogens is 456 g/mol. The number of carbonyl (C=O) groups excluding carboxylic acids is 2. The summed E-state index contributed by atoms with van der Waals surface area (Å²) in [6, 6.07) is 5.20. The molecular formula is C21H22N10O4. The van der Waals surface area contributed by atoms with Crippen LogP contribution in [0, 0.1) is 0 Å². The van der Waals surface area contributed by atoms with Gasteiger partial charge in [-0.25, -0.2) is 14.8 Å². The highest BCUT2D eigenvalue weighted by Gasteiger charge is 2.22. The second kappa shape index (κ2) is 10.8. The standard InChI is InChI=1S/C21H22N10O4/c1-31(10-12-8-25-18-16(27-12)17(22)29-21(23)30-18)13-4-2-11(3-5-13)19(33)28-15(20(34)35)7-6-14(32)9-26-24/h2-5,8-9,15H,6-7,10H2,1H3,(H,28,33)(H,34,35)(H4,22,23,25,29,30)/t15-/m0/s1. The highest BCUT2D eigenvalue weighted by molar-refractivity contribution is 6.25. The molecule has 2 heterocycles. The van der Waals surface area contributed by atoms with Crippen LogP contribution in [0.25, 0.3) is 16.7 Å². The quantitative estimate of drug-likeness (QED) is 0.173. The number of nitrogens with two attached hydrogens (primary N) is 2. The average Bonchev–Trinajstić information content (AvgIpc) is 2.82. The molecule has 180 valence electrons. The molecule has 0 saturated heterocycles. The summed E-state index contributed by atoms with van der Waals surface area (Å²) in [4.78, 5) is 56.3. The van der Waals surface area contributed by atoms with Gasteiger partial charge in [0, 0.05) is 24.7 Å². The number of hydrogen-bond donors (Lipinski definition) is 4. The van der Waals surface area contributed by atoms with Crippen molar-refractivity contribution < 1.29 is 24.3 Å². The minimum absolute atomic E-state index is 0.0117. The van der Waals surface area contributed by atoms with Crippen molar-refractivity contribution in [3.05, 3.63) is 47.3 Å². The lowest BCUT2D eigenvalue weighted by Crippen LogP contribution is -2.41. The van der Waals surface area contributed by atoms with Gasteiger partial charge in [0.2, 0.25) is 11.7 Å². The zero-order valence-corrected chi connectivity index (χ0v) is 18.6. The van der Waals surface area contributed by atoms with Crippen molar-refractivity contribution in [2.45, 2.75) is 25.4 Å². The number of nitrogen functional groups attached to an aromatic ring is 2. The van der Waals surface area contributed by atoms with E-state index in [0.717, 1.165) is 5.69 Å². The fraction of sp³-hybridized carbons (Fsp3) is 0.238. The van der Waals surface area contributed by atoms with Crippen LogP contribution in [0.15, 0.2) is 30.5 Å². The minimum atomic E-state index is -1.28. The van der Waals surface area contributed by atoms with Crippen LogP contribution in [0.2, 0.25) is 0 Å². The first kappa shape index (κ1) is 24.7. The number of nitrogens with one attached hydrogen (secondary N) is 1. The average molecular weight is 478 g/mol. The first-order valence-corrected chi connectivity index (χ1v) is 10.3. The minimum Gasteiger partial charge on any atom is -0.480 e. The summed E-state index contributed by atoms with van der Waals surface area (Å²) in [5, 5.41) is 11.7. The predicted molar refractivity (Wildman–Crippen MR) is 125 cm³/mol. The topological polar surface area (TPSA) is 227 Å². The third-order valence-electron chi connectivity index (χ3n) is 4.96. The van der Waals surface area contributed by atoms with Crippen LogP contribution in [0.1, 0.15) is 28.9 Å². The van der Waals surface area contributed by atoms with Crippen molar-refractivity contribution >= 4 is 52.5 Å². The number of hydrogen-bond acceptors (Lipinski definition) is 10. The van der Waals surface area contributed by atoms with E-state index in [0.29, 0.717) is 29.6 Å². The molecule has 2 aromatic heterocycles. The van der Waals surface area contributed by atoms with Crippen molar-refractivity contribution in [1.82, 2.24) is 25.3 Å². The second-order valence-corrected chi connectivity index (χ2v) is 7.52. The maximum Gasteiger partial charge on any atom is 0.326 e. The molecule has 0 aliphatic carbocycles. The van der Waals surface area contributed by atoms with Crippen LogP contribution in [0.5, 0.6) is 0 Å². The number of rotatable bonds is 10. The predicted octanol–water partition coefficient (Wildman–Crippen LogP) is 0.0535. The molecule has 14 nitrogen and oxygen atoms in total. The Morgan fingerprint density at radius 2 is 1.91 bits per heavy atom. The number of Topliss-reactive ketones (excluding diaryl/α,β-unsaturated/α-hetero) is 1. The molecule has 0 fully saturated rings. The van der Waals surface area contributed by atoms with Crippen LogP contribution in [-0.2, 0) is 16.1 Å². The molecule has 1 atom stereocenters. The first-order valence-electron chi connectivity index (χ1n) is 10.3. The van der Waals surface area contributed by atoms with Gasteiger partial charge in [-0.1, -0.05) is 0 Å². The molecule has 3 rings (SSSR count). The molecule has 0 spiro atoms. The summed E-state index contributed by atoms with van der Waals surface area (Å²) in [6.45, 7) is 0.366. The summed E-state index contributed by atoms with van der Waals surface area (Å²) in [7, 11) is 1.82. The van der Waals surface area contributed by atoms with E-state index in [2.05, 4.69) is 30.0 Å². The Kier molecular flexibility index (Phi) is 7.59. The van der Waals surface area contributed by atoms with Crippen molar-refractivity contribution in [3.63, 3.8) is 0 Å². The Labute approximate surface area is 198 Å². The zero-order valence-electron chi connectivity index (χ0n) is 18.6. The third kappa shape index (κ3) is 6.30. The highest BCUT2D eigenvalue weighted by Crippen LogP contribution is 2.19. The normalized spacial score (nSPS) is 11.3. The number of nitrogens with zero attached hydrogens (tertiary/aromatic N) is 7. The zero-order chi connectivity index (χ0) is 25.5. The van der Waals surface area contributed by atoms with E-state index >= 15 is 0 Å². The Morgan fingerprint density at radius 1 is 1.20 bits per heavy atom. The lowest BCUT2D eigenvalue weighted by Gasteiger charge is -2.19. The molecule has 0 bridgehead atoms. The number of carbonyl (C=O) groups is 3. The monoisotopic (exact) mass is 478 g/mol. The molecule has 6 N–H and O–H groups in total. The maximum atomic E-state index is 12.5. The summed E-state index contributed by atoms with van der Waals surface area (Å²) >= 11 is 0. The Balaban J connectivity index is 1.65. The fourth-order valence-electron chi connectivity index (χ4n) is 3.18. The number of ketones is 1. The van der Waals surface area contributed by atoms with Gasteiger partial charge in [0.05, 0.1) is 18.4 Å². The number of amides is 1. The molecule has 14 heteroatoms. The van der Waals surface area contributed by atoms with E-state index < -0.39 is 23.7 Å². The van der Waals surface area contributed by atoms with E-state index in [4.69, 9.17) is 17.0 Å². The molecule has 0 radical (unpaired) electrons. The SMILES string of the molecule is CN(Cc1cnc2nc(N)nc(N)c2n1)c1ccc(C(=O)N[C@@H](CCC(=O)C=[N+]=[N-])C(=O)O)cc1. The largest absolute Gasteiger partial charge is 0.480 e. The number of aliphatic carboxylic acids is 1. The molecule has 35 heavy (non-hydrogen) atoms. The van der Waals surface area contributed by atoms with Gasteiger partial charge in [-0.3, -0.25) is 9.59 Å². The van der Waals surface area contributed by atoms with Gasteiger partial charge in [0.1, 0.15) is 6.04 Å². The van der Waals surface area contributed by atoms with Crippen LogP contribution in [-0.4, -0.2) is 66.8 Å². The van der Waals surface area contributed by atoms with Crippen LogP contribution in [0.4, 0.5) is 17.5 Å². The van der Waals surface area contributed by atoms with Crippen LogP contribution >= 0.6 is 0 Å². The summed E-state index contributed by atoms with van der Waals surface area (Å²) < 4.78 is 0. The van der Waals surface area contributed by atoms with E-state index in [1.165, 1.54) is 0 Å². The van der Waals surface area contributed by atoms with Gasteiger partial charge in [-0.05, 0) is 30.7 Å². The number of carboxylic acids is 1. The molecule has 1 aromatic carbocycles. The number of fused-ring (bicyclic) bond motifs is 1. The first-order chi connectivity index (χ1) is 16.7. The van der Waals surface area contributed by atoms with Gasteiger partial charge in [-0.2, -0.15) is 14.8 Å². The van der Waals surface area contributed by atoms with Crippen molar-refractivity contribution in [3.8, 4) is 0 Å². The van der Waals surface area contributed by atoms with Crippen molar-refractivity contribution in [2.75, 3.05) is 23.4 Å². The molecule has 0 unspecified atom stereocenters. The van der Waals surface area contributed by atoms with Crippen molar-refractivity contribution in [2.24, 2.45) is 0 Å². The van der Waals surface area contributed by atoms with Gasteiger partial charge < -0.3 is 32.3 Å². The van der Waals surface area contributed by atoms with E-state index in [-0.39, 0.29) is 30.2 Å². The fourth-order valence-corrected chi connectivity index (χ4v) is 3.18.